The van der Waals surface area contributed by atoms with Gasteiger partial charge in [0.25, 0.3) is 0 Å². The predicted molar refractivity (Wildman–Crippen MR) is 71.0 cm³/mol. The van der Waals surface area contributed by atoms with Crippen LogP contribution >= 0.6 is 0 Å². The van der Waals surface area contributed by atoms with Gasteiger partial charge in [0.2, 0.25) is 0 Å². The Morgan fingerprint density at radius 3 is 2.58 bits per heavy atom. The summed E-state index contributed by atoms with van der Waals surface area (Å²) in [6.07, 6.45) is 2.81. The Labute approximate surface area is 114 Å². The second-order valence-corrected chi connectivity index (χ2v) is 5.69. The van der Waals surface area contributed by atoms with E-state index in [1.807, 2.05) is 11.8 Å². The highest BCUT2D eigenvalue weighted by atomic mass is 16.4. The highest BCUT2D eigenvalue weighted by Gasteiger charge is 2.37. The summed E-state index contributed by atoms with van der Waals surface area (Å²) in [4.78, 5) is 29.1. The van der Waals surface area contributed by atoms with Gasteiger partial charge in [0.1, 0.15) is 6.54 Å². The maximum absolute atomic E-state index is 12.6. The molecular weight excluding hydrogens is 246 g/mol. The molecule has 2 amide bonds. The van der Waals surface area contributed by atoms with E-state index in [2.05, 4.69) is 11.9 Å². The lowest BCUT2D eigenvalue weighted by Crippen LogP contribution is -2.51. The van der Waals surface area contributed by atoms with Crippen molar-refractivity contribution in [3.8, 4) is 0 Å². The molecule has 0 radical (unpaired) electrons. The van der Waals surface area contributed by atoms with Crippen molar-refractivity contribution < 1.29 is 14.7 Å². The molecule has 19 heavy (non-hydrogen) atoms. The Morgan fingerprint density at radius 2 is 2.00 bits per heavy atom. The van der Waals surface area contributed by atoms with Gasteiger partial charge in [-0.05, 0) is 39.8 Å². The smallest absolute Gasteiger partial charge is 0.323 e. The lowest BCUT2D eigenvalue weighted by atomic mass is 10.3. The first-order valence-corrected chi connectivity index (χ1v) is 6.96. The molecule has 0 spiro atoms. The molecule has 1 aliphatic heterocycles. The van der Waals surface area contributed by atoms with Gasteiger partial charge in [-0.15, -0.1) is 0 Å². The normalized spacial score (nSPS) is 24.9. The van der Waals surface area contributed by atoms with Crippen LogP contribution in [-0.2, 0) is 4.79 Å². The summed E-state index contributed by atoms with van der Waals surface area (Å²) in [5.41, 5.74) is 0. The molecule has 1 N–H and O–H groups in total. The van der Waals surface area contributed by atoms with Crippen molar-refractivity contribution in [3.63, 3.8) is 0 Å². The first-order valence-electron chi connectivity index (χ1n) is 6.96. The zero-order valence-electron chi connectivity index (χ0n) is 11.7. The number of carboxylic acids is 1. The van der Waals surface area contributed by atoms with E-state index in [4.69, 9.17) is 5.11 Å². The van der Waals surface area contributed by atoms with Crippen LogP contribution in [0.25, 0.3) is 0 Å². The molecule has 1 heterocycles. The highest BCUT2D eigenvalue weighted by Crippen LogP contribution is 2.28. The summed E-state index contributed by atoms with van der Waals surface area (Å²) in [5, 5.41) is 8.95. The van der Waals surface area contributed by atoms with Gasteiger partial charge in [-0.25, -0.2) is 4.79 Å². The molecule has 1 aliphatic carbocycles. The molecule has 0 aromatic heterocycles. The minimum atomic E-state index is -0.931. The third-order valence-corrected chi connectivity index (χ3v) is 3.83. The molecule has 1 atom stereocenters. The maximum atomic E-state index is 12.6. The van der Waals surface area contributed by atoms with Crippen LogP contribution in [0.2, 0.25) is 0 Å². The lowest BCUT2D eigenvalue weighted by Gasteiger charge is -2.33. The summed E-state index contributed by atoms with van der Waals surface area (Å²) in [7, 11) is 2.06. The molecule has 2 fully saturated rings. The van der Waals surface area contributed by atoms with Crippen molar-refractivity contribution >= 4 is 12.0 Å². The molecule has 0 aromatic rings. The molecule has 1 unspecified atom stereocenters. The maximum Gasteiger partial charge on any atom is 0.323 e. The van der Waals surface area contributed by atoms with Crippen molar-refractivity contribution in [1.82, 2.24) is 14.7 Å². The molecule has 0 bridgehead atoms. The second kappa shape index (κ2) is 5.77. The van der Waals surface area contributed by atoms with Gasteiger partial charge in [-0.3, -0.25) is 4.79 Å². The van der Waals surface area contributed by atoms with E-state index in [9.17, 15) is 9.59 Å². The standard InChI is InChI=1S/C13H23N3O3/c1-10-8-14(2)6-3-7-15(10)13(19)16(9-12(17)18)11-4-5-11/h10-11H,3-9H2,1-2H3,(H,17,18). The van der Waals surface area contributed by atoms with E-state index in [0.717, 1.165) is 32.4 Å². The third kappa shape index (κ3) is 3.59. The summed E-state index contributed by atoms with van der Waals surface area (Å²) >= 11 is 0. The molecule has 6 heteroatoms. The monoisotopic (exact) mass is 269 g/mol. The van der Waals surface area contributed by atoms with Crippen LogP contribution in [0.3, 0.4) is 0 Å². The number of aliphatic carboxylic acids is 1. The average molecular weight is 269 g/mol. The Balaban J connectivity index is 2.04. The SMILES string of the molecule is CC1CN(C)CCCN1C(=O)N(CC(=O)O)C1CC1. The lowest BCUT2D eigenvalue weighted by molar-refractivity contribution is -0.137. The van der Waals surface area contributed by atoms with Gasteiger partial charge in [0.15, 0.2) is 0 Å². The number of hydrogen-bond donors (Lipinski definition) is 1. The summed E-state index contributed by atoms with van der Waals surface area (Å²) < 4.78 is 0. The van der Waals surface area contributed by atoms with Crippen LogP contribution in [0.1, 0.15) is 26.2 Å². The topological polar surface area (TPSA) is 64.1 Å². The van der Waals surface area contributed by atoms with Crippen LogP contribution in [0.15, 0.2) is 0 Å². The third-order valence-electron chi connectivity index (χ3n) is 3.83. The van der Waals surface area contributed by atoms with Gasteiger partial charge in [-0.2, -0.15) is 0 Å². The first kappa shape index (κ1) is 14.1. The van der Waals surface area contributed by atoms with Crippen molar-refractivity contribution in [2.45, 2.75) is 38.3 Å². The summed E-state index contributed by atoms with van der Waals surface area (Å²) in [5.74, 6) is -0.931. The molecular formula is C13H23N3O3. The first-order chi connectivity index (χ1) is 8.99. The molecule has 1 saturated heterocycles. The van der Waals surface area contributed by atoms with Crippen molar-refractivity contribution in [2.24, 2.45) is 0 Å². The number of urea groups is 1. The Morgan fingerprint density at radius 1 is 1.32 bits per heavy atom. The molecule has 2 aliphatic rings. The van der Waals surface area contributed by atoms with Crippen LogP contribution in [0, 0.1) is 0 Å². The van der Waals surface area contributed by atoms with E-state index in [1.54, 1.807) is 0 Å². The van der Waals surface area contributed by atoms with E-state index in [0.29, 0.717) is 6.54 Å². The Kier molecular flexibility index (Phi) is 4.29. The largest absolute Gasteiger partial charge is 0.480 e. The van der Waals surface area contributed by atoms with Crippen molar-refractivity contribution in [3.05, 3.63) is 0 Å². The van der Waals surface area contributed by atoms with E-state index in [1.165, 1.54) is 4.90 Å². The zero-order chi connectivity index (χ0) is 14.0. The summed E-state index contributed by atoms with van der Waals surface area (Å²) in [6.45, 7) is 4.40. The highest BCUT2D eigenvalue weighted by molar-refractivity contribution is 5.81. The number of nitrogens with zero attached hydrogens (tertiary/aromatic N) is 3. The second-order valence-electron chi connectivity index (χ2n) is 5.69. The van der Waals surface area contributed by atoms with Crippen LogP contribution < -0.4 is 0 Å². The fourth-order valence-corrected chi connectivity index (χ4v) is 2.71. The number of carbonyl (C=O) groups is 2. The number of amides is 2. The number of carbonyl (C=O) groups excluding carboxylic acids is 1. The fraction of sp³-hybridized carbons (Fsp3) is 0.846. The van der Waals surface area contributed by atoms with Gasteiger partial charge in [0.05, 0.1) is 0 Å². The predicted octanol–water partition coefficient (Wildman–Crippen LogP) is 0.681. The fourth-order valence-electron chi connectivity index (χ4n) is 2.71. The van der Waals surface area contributed by atoms with Crippen molar-refractivity contribution in [2.75, 3.05) is 33.2 Å². The van der Waals surface area contributed by atoms with E-state index >= 15 is 0 Å². The molecule has 2 rings (SSSR count). The van der Waals surface area contributed by atoms with Gasteiger partial charge >= 0.3 is 12.0 Å². The molecule has 0 aromatic carbocycles. The van der Waals surface area contributed by atoms with Gasteiger partial charge in [-0.1, -0.05) is 0 Å². The number of likely N-dealkylation sites (N-methyl/N-ethyl adjacent to an activating group) is 1. The van der Waals surface area contributed by atoms with Crippen LogP contribution in [0.4, 0.5) is 4.79 Å². The minimum absolute atomic E-state index is 0.104. The minimum Gasteiger partial charge on any atom is -0.480 e. The van der Waals surface area contributed by atoms with Gasteiger partial charge < -0.3 is 19.8 Å². The Hall–Kier alpha value is -1.30. The zero-order valence-corrected chi connectivity index (χ0v) is 11.7. The Bertz CT molecular complexity index is 357. The molecule has 6 nitrogen and oxygen atoms in total. The number of rotatable bonds is 3. The van der Waals surface area contributed by atoms with Crippen molar-refractivity contribution in [1.29, 1.82) is 0 Å². The van der Waals surface area contributed by atoms with Crippen LogP contribution in [-0.4, -0.2) is 77.1 Å². The number of hydrogen-bond acceptors (Lipinski definition) is 3. The van der Waals surface area contributed by atoms with Crippen LogP contribution in [0.5, 0.6) is 0 Å². The molecule has 108 valence electrons. The van der Waals surface area contributed by atoms with E-state index in [-0.39, 0.29) is 24.7 Å². The molecule has 1 saturated carbocycles. The van der Waals surface area contributed by atoms with Gasteiger partial charge in [0, 0.05) is 25.2 Å². The quantitative estimate of drug-likeness (QED) is 0.818. The number of carboxylic acid groups (broad SMARTS) is 1. The van der Waals surface area contributed by atoms with E-state index < -0.39 is 5.97 Å². The average Bonchev–Trinajstić information content (AvgIpc) is 3.13. The summed E-state index contributed by atoms with van der Waals surface area (Å²) in [6, 6.07) is 0.166.